The van der Waals surface area contributed by atoms with Crippen LogP contribution >= 0.6 is 11.6 Å². The fraction of sp³-hybridized carbons (Fsp3) is 0.429. The molecule has 1 saturated heterocycles. The number of urea groups is 1. The quantitative estimate of drug-likeness (QED) is 0.622. The number of hydrogen-bond acceptors (Lipinski definition) is 4. The van der Waals surface area contributed by atoms with Gasteiger partial charge in [0.1, 0.15) is 0 Å². The highest BCUT2D eigenvalue weighted by molar-refractivity contribution is 7.88. The first-order valence-corrected chi connectivity index (χ1v) is 9.56. The van der Waals surface area contributed by atoms with Gasteiger partial charge in [-0.3, -0.25) is 4.79 Å². The molecule has 1 fully saturated rings. The molecule has 24 heavy (non-hydrogen) atoms. The van der Waals surface area contributed by atoms with Gasteiger partial charge in [-0.05, 0) is 18.2 Å². The molecule has 1 aliphatic rings. The molecular weight excluding hydrogens is 356 g/mol. The topological polar surface area (TPSA) is 108 Å². The van der Waals surface area contributed by atoms with Crippen molar-refractivity contribution in [3.05, 3.63) is 29.3 Å². The number of nitrogens with zero attached hydrogens (tertiary/aromatic N) is 1. The summed E-state index contributed by atoms with van der Waals surface area (Å²) in [6.45, 7) is 0.607. The Balaban J connectivity index is 1.80. The first-order valence-electron chi connectivity index (χ1n) is 7.29. The van der Waals surface area contributed by atoms with Crippen LogP contribution in [0.3, 0.4) is 0 Å². The summed E-state index contributed by atoms with van der Waals surface area (Å²) in [6.07, 6.45) is 1.24. The average Bonchev–Trinajstić information content (AvgIpc) is 2.83. The molecule has 1 aliphatic heterocycles. The molecule has 3 N–H and O–H groups in total. The van der Waals surface area contributed by atoms with E-state index in [0.29, 0.717) is 17.3 Å². The van der Waals surface area contributed by atoms with E-state index in [9.17, 15) is 18.0 Å². The molecule has 0 unspecified atom stereocenters. The number of hydrogen-bond donors (Lipinski definition) is 3. The van der Waals surface area contributed by atoms with Gasteiger partial charge in [-0.15, -0.1) is 0 Å². The first kappa shape index (κ1) is 18.5. The van der Waals surface area contributed by atoms with Crippen LogP contribution in [0.15, 0.2) is 24.3 Å². The molecular formula is C14H19ClN4O4S. The van der Waals surface area contributed by atoms with Crippen LogP contribution in [0.4, 0.5) is 10.5 Å². The molecule has 10 heteroatoms. The van der Waals surface area contributed by atoms with Crippen LogP contribution in [0.5, 0.6) is 0 Å². The van der Waals surface area contributed by atoms with E-state index in [1.54, 1.807) is 29.2 Å². The van der Waals surface area contributed by atoms with Gasteiger partial charge in [-0.25, -0.2) is 17.9 Å². The Morgan fingerprint density at radius 3 is 2.79 bits per heavy atom. The summed E-state index contributed by atoms with van der Waals surface area (Å²) in [7, 11) is -3.28. The van der Waals surface area contributed by atoms with Crippen LogP contribution in [-0.2, 0) is 14.8 Å². The molecule has 1 heterocycles. The average molecular weight is 375 g/mol. The van der Waals surface area contributed by atoms with Crippen LogP contribution in [0, 0.1) is 0 Å². The summed E-state index contributed by atoms with van der Waals surface area (Å²) in [5.41, 5.74) is 0.689. The molecule has 0 saturated carbocycles. The summed E-state index contributed by atoms with van der Waals surface area (Å²) >= 11 is 5.93. The van der Waals surface area contributed by atoms with E-state index in [1.165, 1.54) is 0 Å². The van der Waals surface area contributed by atoms with Crippen LogP contribution in [0.2, 0.25) is 5.02 Å². The maximum atomic E-state index is 12.1. The monoisotopic (exact) mass is 374 g/mol. The Bertz CT molecular complexity index is 725. The van der Waals surface area contributed by atoms with Crippen molar-refractivity contribution in [3.63, 3.8) is 0 Å². The molecule has 0 radical (unpaired) electrons. The zero-order valence-corrected chi connectivity index (χ0v) is 14.7. The van der Waals surface area contributed by atoms with Gasteiger partial charge < -0.3 is 15.5 Å². The van der Waals surface area contributed by atoms with E-state index < -0.39 is 16.1 Å². The minimum Gasteiger partial charge on any atom is -0.337 e. The number of anilines is 1. The summed E-state index contributed by atoms with van der Waals surface area (Å²) < 4.78 is 24.1. The van der Waals surface area contributed by atoms with Crippen LogP contribution in [-0.4, -0.2) is 52.3 Å². The number of benzene rings is 1. The van der Waals surface area contributed by atoms with Crippen molar-refractivity contribution in [2.75, 3.05) is 30.8 Å². The summed E-state index contributed by atoms with van der Waals surface area (Å²) in [4.78, 5) is 25.4. The van der Waals surface area contributed by atoms with Crippen LogP contribution < -0.4 is 20.3 Å². The van der Waals surface area contributed by atoms with Crippen molar-refractivity contribution in [3.8, 4) is 0 Å². The summed E-state index contributed by atoms with van der Waals surface area (Å²) in [5, 5.41) is 5.77. The van der Waals surface area contributed by atoms with Crippen molar-refractivity contribution < 1.29 is 18.0 Å². The SMILES string of the molecule is CS(=O)(=O)NCCNC(=O)N[C@@H]1CC(=O)N(c2cccc(Cl)c2)C1. The Morgan fingerprint density at radius 1 is 1.38 bits per heavy atom. The molecule has 1 aromatic rings. The Hall–Kier alpha value is -1.84. The predicted octanol–water partition coefficient (Wildman–Crippen LogP) is 0.294. The normalized spacial score (nSPS) is 17.8. The molecule has 132 valence electrons. The van der Waals surface area contributed by atoms with E-state index >= 15 is 0 Å². The number of amides is 3. The Labute approximate surface area is 145 Å². The van der Waals surface area contributed by atoms with Gasteiger partial charge >= 0.3 is 6.03 Å². The van der Waals surface area contributed by atoms with Crippen molar-refractivity contribution in [2.45, 2.75) is 12.5 Å². The van der Waals surface area contributed by atoms with E-state index in [2.05, 4.69) is 15.4 Å². The third-order valence-electron chi connectivity index (χ3n) is 3.35. The smallest absolute Gasteiger partial charge is 0.315 e. The first-order chi connectivity index (χ1) is 11.2. The zero-order chi connectivity index (χ0) is 17.7. The van der Waals surface area contributed by atoms with Gasteiger partial charge in [0.05, 0.1) is 12.3 Å². The van der Waals surface area contributed by atoms with Crippen molar-refractivity contribution in [1.29, 1.82) is 0 Å². The van der Waals surface area contributed by atoms with E-state index in [4.69, 9.17) is 11.6 Å². The molecule has 0 aromatic heterocycles. The highest BCUT2D eigenvalue weighted by atomic mass is 35.5. The third kappa shape index (κ3) is 5.66. The lowest BCUT2D eigenvalue weighted by Crippen LogP contribution is -2.45. The van der Waals surface area contributed by atoms with Gasteiger partial charge in [0, 0.05) is 36.8 Å². The van der Waals surface area contributed by atoms with Crippen LogP contribution in [0.1, 0.15) is 6.42 Å². The fourth-order valence-corrected chi connectivity index (χ4v) is 3.00. The second-order valence-electron chi connectivity index (χ2n) is 5.45. The minimum atomic E-state index is -3.28. The van der Waals surface area contributed by atoms with E-state index in [1.807, 2.05) is 0 Å². The van der Waals surface area contributed by atoms with Gasteiger partial charge in [-0.1, -0.05) is 17.7 Å². The van der Waals surface area contributed by atoms with Crippen molar-refractivity contribution >= 4 is 39.2 Å². The number of nitrogens with one attached hydrogen (secondary N) is 3. The largest absolute Gasteiger partial charge is 0.337 e. The van der Waals surface area contributed by atoms with Gasteiger partial charge in [-0.2, -0.15) is 0 Å². The molecule has 3 amide bonds. The maximum Gasteiger partial charge on any atom is 0.315 e. The van der Waals surface area contributed by atoms with Crippen LogP contribution in [0.25, 0.3) is 0 Å². The number of carbonyl (C=O) groups is 2. The molecule has 1 atom stereocenters. The minimum absolute atomic E-state index is 0.0960. The van der Waals surface area contributed by atoms with E-state index in [-0.39, 0.29) is 31.5 Å². The second kappa shape index (κ2) is 7.82. The Kier molecular flexibility index (Phi) is 6.03. The fourth-order valence-electron chi connectivity index (χ4n) is 2.35. The van der Waals surface area contributed by atoms with Gasteiger partial charge in [0.25, 0.3) is 0 Å². The standard InChI is InChI=1S/C14H19ClN4O4S/c1-24(22,23)17-6-5-16-14(21)18-11-8-13(20)19(9-11)12-4-2-3-10(15)7-12/h2-4,7,11,17H,5-6,8-9H2,1H3,(H2,16,18,21)/t11-/m1/s1. The van der Waals surface area contributed by atoms with Crippen molar-refractivity contribution in [2.24, 2.45) is 0 Å². The highest BCUT2D eigenvalue weighted by Gasteiger charge is 2.31. The summed E-state index contributed by atoms with van der Waals surface area (Å²) in [6, 6.07) is 6.18. The molecule has 0 spiro atoms. The lowest BCUT2D eigenvalue weighted by atomic mass is 10.2. The number of carbonyl (C=O) groups excluding carboxylic acids is 2. The predicted molar refractivity (Wildman–Crippen MR) is 91.6 cm³/mol. The molecule has 0 bridgehead atoms. The van der Waals surface area contributed by atoms with Gasteiger partial charge in [0.2, 0.25) is 15.9 Å². The van der Waals surface area contributed by atoms with E-state index in [0.717, 1.165) is 6.26 Å². The molecule has 2 rings (SSSR count). The molecule has 8 nitrogen and oxygen atoms in total. The zero-order valence-electron chi connectivity index (χ0n) is 13.1. The lowest BCUT2D eigenvalue weighted by Gasteiger charge is -2.17. The van der Waals surface area contributed by atoms with Crippen molar-refractivity contribution in [1.82, 2.24) is 15.4 Å². The van der Waals surface area contributed by atoms with Gasteiger partial charge in [0.15, 0.2) is 0 Å². The molecule has 1 aromatic carbocycles. The third-order valence-corrected chi connectivity index (χ3v) is 4.32. The highest BCUT2D eigenvalue weighted by Crippen LogP contribution is 2.24. The number of rotatable bonds is 6. The maximum absolute atomic E-state index is 12.1. The number of halogens is 1. The summed E-state index contributed by atoms with van der Waals surface area (Å²) in [5.74, 6) is -0.0960. The second-order valence-corrected chi connectivity index (χ2v) is 7.72. The molecule has 0 aliphatic carbocycles. The lowest BCUT2D eigenvalue weighted by molar-refractivity contribution is -0.117. The number of sulfonamides is 1. The Morgan fingerprint density at radius 2 is 2.12 bits per heavy atom.